The van der Waals surface area contributed by atoms with Gasteiger partial charge in [-0.3, -0.25) is 4.79 Å². The lowest BCUT2D eigenvalue weighted by Gasteiger charge is -2.14. The van der Waals surface area contributed by atoms with Crippen LogP contribution in [0.25, 0.3) is 0 Å². The fourth-order valence-corrected chi connectivity index (χ4v) is 1.98. The number of Topliss-reactive ketones (excluding diaryl/α,β-unsaturated/α-hetero) is 1. The van der Waals surface area contributed by atoms with Gasteiger partial charge in [0.05, 0.1) is 5.56 Å². The first kappa shape index (κ1) is 12.9. The highest BCUT2D eigenvalue weighted by atomic mass is 19.1. The molecule has 1 nitrogen and oxygen atoms in total. The molecule has 0 fully saturated rings. The van der Waals surface area contributed by atoms with E-state index in [1.165, 1.54) is 6.07 Å². The summed E-state index contributed by atoms with van der Waals surface area (Å²) in [6.07, 6.45) is 3.62. The van der Waals surface area contributed by atoms with Crippen molar-refractivity contribution in [3.63, 3.8) is 0 Å². The van der Waals surface area contributed by atoms with Gasteiger partial charge in [-0.1, -0.05) is 38.8 Å². The van der Waals surface area contributed by atoms with Crippen molar-refractivity contribution >= 4 is 5.78 Å². The topological polar surface area (TPSA) is 17.1 Å². The zero-order valence-electron chi connectivity index (χ0n) is 10.0. The molecular formula is C14H19FO. The van der Waals surface area contributed by atoms with Crippen LogP contribution >= 0.6 is 0 Å². The van der Waals surface area contributed by atoms with Crippen molar-refractivity contribution in [2.75, 3.05) is 0 Å². The fraction of sp³-hybridized carbons (Fsp3) is 0.500. The second kappa shape index (κ2) is 6.41. The quantitative estimate of drug-likeness (QED) is 0.658. The van der Waals surface area contributed by atoms with Gasteiger partial charge in [-0.2, -0.15) is 0 Å². The fourth-order valence-electron chi connectivity index (χ4n) is 1.98. The van der Waals surface area contributed by atoms with E-state index in [1.54, 1.807) is 18.2 Å². The normalized spacial score (nSPS) is 10.8. The van der Waals surface area contributed by atoms with Crippen LogP contribution in [0, 0.1) is 11.7 Å². The largest absolute Gasteiger partial charge is 0.294 e. The van der Waals surface area contributed by atoms with E-state index >= 15 is 0 Å². The molecule has 0 radical (unpaired) electrons. The zero-order valence-corrected chi connectivity index (χ0v) is 10.0. The number of halogens is 1. The summed E-state index contributed by atoms with van der Waals surface area (Å²) >= 11 is 0. The molecule has 0 aromatic heterocycles. The van der Waals surface area contributed by atoms with Crippen LogP contribution in [0.3, 0.4) is 0 Å². The summed E-state index contributed by atoms with van der Waals surface area (Å²) < 4.78 is 13.5. The Labute approximate surface area is 96.7 Å². The summed E-state index contributed by atoms with van der Waals surface area (Å²) in [5, 5.41) is 0. The summed E-state index contributed by atoms with van der Waals surface area (Å²) in [7, 11) is 0. The van der Waals surface area contributed by atoms with Gasteiger partial charge >= 0.3 is 0 Å². The highest BCUT2D eigenvalue weighted by Crippen LogP contribution is 2.20. The highest BCUT2D eigenvalue weighted by molar-refractivity contribution is 5.98. The van der Waals surface area contributed by atoms with E-state index in [4.69, 9.17) is 0 Å². The van der Waals surface area contributed by atoms with Crippen LogP contribution in [0.15, 0.2) is 24.3 Å². The van der Waals surface area contributed by atoms with Crippen LogP contribution in [0.4, 0.5) is 4.39 Å². The first-order valence-electron chi connectivity index (χ1n) is 5.99. The molecule has 0 spiro atoms. The summed E-state index contributed by atoms with van der Waals surface area (Å²) in [6, 6.07) is 6.25. The third-order valence-electron chi connectivity index (χ3n) is 2.78. The Hall–Kier alpha value is -1.18. The first-order valence-corrected chi connectivity index (χ1v) is 5.99. The number of hydrogen-bond acceptors (Lipinski definition) is 1. The summed E-state index contributed by atoms with van der Waals surface area (Å²) in [6.45, 7) is 4.11. The van der Waals surface area contributed by atoms with Crippen LogP contribution in [0.5, 0.6) is 0 Å². The first-order chi connectivity index (χ1) is 7.70. The minimum atomic E-state index is -0.398. The third-order valence-corrected chi connectivity index (χ3v) is 2.78. The van der Waals surface area contributed by atoms with Gasteiger partial charge in [0, 0.05) is 5.92 Å². The van der Waals surface area contributed by atoms with Crippen molar-refractivity contribution in [3.05, 3.63) is 35.6 Å². The molecule has 1 rings (SSSR count). The van der Waals surface area contributed by atoms with Gasteiger partial charge in [0.2, 0.25) is 0 Å². The predicted molar refractivity (Wildman–Crippen MR) is 64.0 cm³/mol. The summed E-state index contributed by atoms with van der Waals surface area (Å²) in [5.41, 5.74) is 0.245. The molecule has 2 heteroatoms. The van der Waals surface area contributed by atoms with Crippen molar-refractivity contribution in [1.29, 1.82) is 0 Å². The van der Waals surface area contributed by atoms with Crippen LogP contribution in [-0.2, 0) is 0 Å². The molecular weight excluding hydrogens is 203 g/mol. The molecule has 1 aromatic rings. The smallest absolute Gasteiger partial charge is 0.168 e. The molecule has 88 valence electrons. The van der Waals surface area contributed by atoms with Gasteiger partial charge < -0.3 is 0 Å². The maximum atomic E-state index is 13.5. The number of ketones is 1. The molecule has 0 bridgehead atoms. The minimum Gasteiger partial charge on any atom is -0.294 e. The second-order valence-electron chi connectivity index (χ2n) is 4.12. The van der Waals surface area contributed by atoms with Crippen molar-refractivity contribution < 1.29 is 9.18 Å². The molecule has 0 amide bonds. The van der Waals surface area contributed by atoms with E-state index in [9.17, 15) is 9.18 Å². The highest BCUT2D eigenvalue weighted by Gasteiger charge is 2.20. The molecule has 1 aromatic carbocycles. The Balaban J connectivity index is 2.85. The lowest BCUT2D eigenvalue weighted by Crippen LogP contribution is -2.16. The minimum absolute atomic E-state index is 0.0214. The molecule has 0 aliphatic heterocycles. The maximum Gasteiger partial charge on any atom is 0.168 e. The molecule has 0 heterocycles. The molecule has 0 saturated carbocycles. The molecule has 0 saturated heterocycles. The van der Waals surface area contributed by atoms with Crippen LogP contribution in [-0.4, -0.2) is 5.78 Å². The number of rotatable bonds is 6. The second-order valence-corrected chi connectivity index (χ2v) is 4.12. The average Bonchev–Trinajstić information content (AvgIpc) is 2.28. The molecule has 0 aliphatic carbocycles. The zero-order chi connectivity index (χ0) is 12.0. The van der Waals surface area contributed by atoms with Crippen LogP contribution in [0.2, 0.25) is 0 Å². The van der Waals surface area contributed by atoms with E-state index in [0.717, 1.165) is 25.7 Å². The Morgan fingerprint density at radius 1 is 1.19 bits per heavy atom. The average molecular weight is 222 g/mol. The molecule has 0 N–H and O–H groups in total. The standard InChI is InChI=1S/C14H19FO/c1-3-7-11(8-4-2)14(16)12-9-5-6-10-13(12)15/h5-6,9-11H,3-4,7-8H2,1-2H3. The SMILES string of the molecule is CCCC(CCC)C(=O)c1ccccc1F. The summed E-state index contributed by atoms with van der Waals surface area (Å²) in [5.74, 6) is -0.460. The lowest BCUT2D eigenvalue weighted by molar-refractivity contribution is 0.0900. The van der Waals surface area contributed by atoms with Gasteiger partial charge in [0.25, 0.3) is 0 Å². The van der Waals surface area contributed by atoms with E-state index in [2.05, 4.69) is 13.8 Å². The third kappa shape index (κ3) is 3.16. The van der Waals surface area contributed by atoms with Gasteiger partial charge in [-0.05, 0) is 25.0 Å². The number of hydrogen-bond donors (Lipinski definition) is 0. The lowest BCUT2D eigenvalue weighted by atomic mass is 9.89. The Morgan fingerprint density at radius 3 is 2.25 bits per heavy atom. The molecule has 16 heavy (non-hydrogen) atoms. The Bertz CT molecular complexity index is 340. The number of carbonyl (C=O) groups excluding carboxylic acids is 1. The van der Waals surface area contributed by atoms with Crippen LogP contribution in [0.1, 0.15) is 49.9 Å². The Morgan fingerprint density at radius 2 is 1.75 bits per heavy atom. The molecule has 0 atom stereocenters. The summed E-state index contributed by atoms with van der Waals surface area (Å²) in [4.78, 5) is 12.1. The Kier molecular flexibility index (Phi) is 5.17. The van der Waals surface area contributed by atoms with E-state index < -0.39 is 5.82 Å². The van der Waals surface area contributed by atoms with Crippen molar-refractivity contribution in [2.24, 2.45) is 5.92 Å². The van der Waals surface area contributed by atoms with E-state index in [0.29, 0.717) is 0 Å². The monoisotopic (exact) mass is 222 g/mol. The number of carbonyl (C=O) groups is 1. The van der Waals surface area contributed by atoms with E-state index in [-0.39, 0.29) is 17.3 Å². The van der Waals surface area contributed by atoms with Crippen molar-refractivity contribution in [3.8, 4) is 0 Å². The van der Waals surface area contributed by atoms with Gasteiger partial charge in [-0.15, -0.1) is 0 Å². The maximum absolute atomic E-state index is 13.5. The number of benzene rings is 1. The van der Waals surface area contributed by atoms with Gasteiger partial charge in [-0.25, -0.2) is 4.39 Å². The van der Waals surface area contributed by atoms with Crippen molar-refractivity contribution in [2.45, 2.75) is 39.5 Å². The van der Waals surface area contributed by atoms with Gasteiger partial charge in [0.15, 0.2) is 5.78 Å². The predicted octanol–water partition coefficient (Wildman–Crippen LogP) is 4.22. The van der Waals surface area contributed by atoms with Crippen LogP contribution < -0.4 is 0 Å². The molecule has 0 unspecified atom stereocenters. The van der Waals surface area contributed by atoms with Crippen molar-refractivity contribution in [1.82, 2.24) is 0 Å². The molecule has 0 aliphatic rings. The van der Waals surface area contributed by atoms with E-state index in [1.807, 2.05) is 0 Å². The van der Waals surface area contributed by atoms with Gasteiger partial charge in [0.1, 0.15) is 5.82 Å².